The Labute approximate surface area is 141 Å². The number of nitrogens with zero attached hydrogens (tertiary/aromatic N) is 2. The van der Waals surface area contributed by atoms with Crippen molar-refractivity contribution < 1.29 is 9.26 Å². The summed E-state index contributed by atoms with van der Waals surface area (Å²) in [6.07, 6.45) is 0. The maximum absolute atomic E-state index is 6.00. The van der Waals surface area contributed by atoms with Crippen molar-refractivity contribution in [3.05, 3.63) is 65.0 Å². The van der Waals surface area contributed by atoms with Crippen molar-refractivity contribution in [3.8, 4) is 17.1 Å². The molecule has 0 amide bonds. The third-order valence-electron chi connectivity index (χ3n) is 3.78. The second kappa shape index (κ2) is 6.84. The molecule has 2 aromatic carbocycles. The van der Waals surface area contributed by atoms with Crippen LogP contribution in [0.15, 0.2) is 47.0 Å². The van der Waals surface area contributed by atoms with E-state index < -0.39 is 0 Å². The highest BCUT2D eigenvalue weighted by Gasteiger charge is 2.14. The van der Waals surface area contributed by atoms with Crippen LogP contribution in [0.4, 0.5) is 0 Å². The molecule has 5 heteroatoms. The second-order valence-corrected chi connectivity index (χ2v) is 5.96. The quantitative estimate of drug-likeness (QED) is 0.769. The van der Waals surface area contributed by atoms with E-state index in [0.29, 0.717) is 18.3 Å². The number of nitrogens with two attached hydrogens (primary N) is 1. The van der Waals surface area contributed by atoms with Crippen LogP contribution in [0.25, 0.3) is 11.4 Å². The lowest BCUT2D eigenvalue weighted by Gasteiger charge is -2.13. The summed E-state index contributed by atoms with van der Waals surface area (Å²) in [4.78, 5) is 4.34. The molecule has 0 aliphatic rings. The Morgan fingerprint density at radius 3 is 2.38 bits per heavy atom. The molecule has 0 aliphatic heterocycles. The first kappa shape index (κ1) is 16.2. The largest absolute Gasteiger partial charge is 0.488 e. The summed E-state index contributed by atoms with van der Waals surface area (Å²) in [7, 11) is 0. The van der Waals surface area contributed by atoms with E-state index in [2.05, 4.69) is 10.1 Å². The maximum Gasteiger partial charge on any atom is 0.243 e. The van der Waals surface area contributed by atoms with E-state index in [9.17, 15) is 0 Å². The molecule has 2 N–H and O–H groups in total. The smallest absolute Gasteiger partial charge is 0.243 e. The van der Waals surface area contributed by atoms with E-state index in [1.807, 2.05) is 63.2 Å². The van der Waals surface area contributed by atoms with Crippen LogP contribution in [0.1, 0.15) is 35.5 Å². The summed E-state index contributed by atoms with van der Waals surface area (Å²) >= 11 is 0. The van der Waals surface area contributed by atoms with Crippen LogP contribution < -0.4 is 10.5 Å². The van der Waals surface area contributed by atoms with Gasteiger partial charge in [-0.05, 0) is 49.6 Å². The fraction of sp³-hybridized carbons (Fsp3) is 0.263. The van der Waals surface area contributed by atoms with E-state index >= 15 is 0 Å². The number of benzene rings is 2. The first-order valence-corrected chi connectivity index (χ1v) is 7.92. The van der Waals surface area contributed by atoms with Gasteiger partial charge in [-0.15, -0.1) is 0 Å². The molecule has 5 nitrogen and oxygen atoms in total. The van der Waals surface area contributed by atoms with Gasteiger partial charge in [-0.2, -0.15) is 4.98 Å². The van der Waals surface area contributed by atoms with Crippen molar-refractivity contribution in [1.82, 2.24) is 10.1 Å². The standard InChI is InChI=1S/C19H21N3O2/c1-12-9-16(18-21-19(14(3)20)24-22-18)10-13(2)17(12)23-11-15-7-5-4-6-8-15/h4-10,14H,11,20H2,1-3H3/t14-/m1/s1. The van der Waals surface area contributed by atoms with E-state index in [4.69, 9.17) is 15.0 Å². The molecule has 1 aromatic heterocycles. The summed E-state index contributed by atoms with van der Waals surface area (Å²) < 4.78 is 11.2. The molecule has 3 rings (SSSR count). The van der Waals surface area contributed by atoms with E-state index in [1.54, 1.807) is 0 Å². The lowest BCUT2D eigenvalue weighted by molar-refractivity contribution is 0.302. The first-order valence-electron chi connectivity index (χ1n) is 7.92. The van der Waals surface area contributed by atoms with Gasteiger partial charge in [-0.25, -0.2) is 0 Å². The Kier molecular flexibility index (Phi) is 4.62. The van der Waals surface area contributed by atoms with Crippen molar-refractivity contribution in [2.24, 2.45) is 5.73 Å². The predicted octanol–water partition coefficient (Wildman–Crippen LogP) is 3.95. The molecule has 0 saturated heterocycles. The number of rotatable bonds is 5. The van der Waals surface area contributed by atoms with Gasteiger partial charge < -0.3 is 15.0 Å². The highest BCUT2D eigenvalue weighted by Crippen LogP contribution is 2.30. The average molecular weight is 323 g/mol. The van der Waals surface area contributed by atoms with Gasteiger partial charge in [0.2, 0.25) is 11.7 Å². The Morgan fingerprint density at radius 2 is 1.79 bits per heavy atom. The summed E-state index contributed by atoms with van der Waals surface area (Å²) in [5.74, 6) is 1.87. The van der Waals surface area contributed by atoms with E-state index in [-0.39, 0.29) is 6.04 Å². The topological polar surface area (TPSA) is 74.2 Å². The van der Waals surface area contributed by atoms with Crippen LogP contribution in [0.3, 0.4) is 0 Å². The normalized spacial score (nSPS) is 12.2. The molecule has 3 aromatic rings. The van der Waals surface area contributed by atoms with Crippen LogP contribution >= 0.6 is 0 Å². The zero-order chi connectivity index (χ0) is 17.1. The van der Waals surface area contributed by atoms with Gasteiger partial charge in [-0.1, -0.05) is 35.5 Å². The fourth-order valence-corrected chi connectivity index (χ4v) is 2.57. The Bertz CT molecular complexity index is 803. The third kappa shape index (κ3) is 3.46. The molecule has 24 heavy (non-hydrogen) atoms. The summed E-state index contributed by atoms with van der Waals surface area (Å²) in [5, 5.41) is 4.01. The van der Waals surface area contributed by atoms with Crippen LogP contribution in [0, 0.1) is 13.8 Å². The first-order chi connectivity index (χ1) is 11.5. The van der Waals surface area contributed by atoms with Gasteiger partial charge in [0, 0.05) is 5.56 Å². The van der Waals surface area contributed by atoms with Crippen molar-refractivity contribution >= 4 is 0 Å². The minimum Gasteiger partial charge on any atom is -0.488 e. The minimum absolute atomic E-state index is 0.276. The minimum atomic E-state index is -0.276. The lowest BCUT2D eigenvalue weighted by atomic mass is 10.1. The number of aryl methyl sites for hydroxylation is 2. The van der Waals surface area contributed by atoms with Crippen LogP contribution in [0.2, 0.25) is 0 Å². The molecule has 0 radical (unpaired) electrons. The molecule has 0 unspecified atom stereocenters. The van der Waals surface area contributed by atoms with Crippen molar-refractivity contribution in [1.29, 1.82) is 0 Å². The highest BCUT2D eigenvalue weighted by molar-refractivity contribution is 5.61. The number of aromatic nitrogens is 2. The lowest BCUT2D eigenvalue weighted by Crippen LogP contribution is -2.04. The molecule has 0 saturated carbocycles. The number of hydrogen-bond donors (Lipinski definition) is 1. The molecule has 0 spiro atoms. The Morgan fingerprint density at radius 1 is 1.12 bits per heavy atom. The molecular weight excluding hydrogens is 302 g/mol. The Balaban J connectivity index is 1.82. The fourth-order valence-electron chi connectivity index (χ4n) is 2.57. The van der Waals surface area contributed by atoms with Crippen LogP contribution in [-0.2, 0) is 6.61 Å². The van der Waals surface area contributed by atoms with Gasteiger partial charge >= 0.3 is 0 Å². The van der Waals surface area contributed by atoms with Gasteiger partial charge in [0.05, 0.1) is 6.04 Å². The molecule has 1 heterocycles. The van der Waals surface area contributed by atoms with E-state index in [0.717, 1.165) is 28.0 Å². The van der Waals surface area contributed by atoms with Gasteiger partial charge in [0.1, 0.15) is 12.4 Å². The molecular formula is C19H21N3O2. The maximum atomic E-state index is 6.00. The van der Waals surface area contributed by atoms with Crippen LogP contribution in [-0.4, -0.2) is 10.1 Å². The molecule has 124 valence electrons. The van der Waals surface area contributed by atoms with Crippen LogP contribution in [0.5, 0.6) is 5.75 Å². The predicted molar refractivity (Wildman–Crippen MR) is 92.6 cm³/mol. The van der Waals surface area contributed by atoms with Gasteiger partial charge in [-0.3, -0.25) is 0 Å². The molecule has 0 bridgehead atoms. The summed E-state index contributed by atoms with van der Waals surface area (Å²) in [6, 6.07) is 13.8. The highest BCUT2D eigenvalue weighted by atomic mass is 16.5. The monoisotopic (exact) mass is 323 g/mol. The van der Waals surface area contributed by atoms with Gasteiger partial charge in [0.25, 0.3) is 0 Å². The summed E-state index contributed by atoms with van der Waals surface area (Å²) in [5.41, 5.74) is 9.87. The van der Waals surface area contributed by atoms with Crippen molar-refractivity contribution in [2.75, 3.05) is 0 Å². The summed E-state index contributed by atoms with van der Waals surface area (Å²) in [6.45, 7) is 6.39. The van der Waals surface area contributed by atoms with Gasteiger partial charge in [0.15, 0.2) is 0 Å². The SMILES string of the molecule is Cc1cc(-c2noc([C@@H](C)N)n2)cc(C)c1OCc1ccccc1. The van der Waals surface area contributed by atoms with Crippen molar-refractivity contribution in [3.63, 3.8) is 0 Å². The van der Waals surface area contributed by atoms with Crippen molar-refractivity contribution in [2.45, 2.75) is 33.4 Å². The van der Waals surface area contributed by atoms with E-state index in [1.165, 1.54) is 0 Å². The second-order valence-electron chi connectivity index (χ2n) is 5.96. The zero-order valence-electron chi connectivity index (χ0n) is 14.1. The molecule has 0 fully saturated rings. The Hall–Kier alpha value is -2.66. The third-order valence-corrected chi connectivity index (χ3v) is 3.78. The average Bonchev–Trinajstić information content (AvgIpc) is 3.05. The molecule has 1 atom stereocenters. The number of hydrogen-bond acceptors (Lipinski definition) is 5. The molecule has 0 aliphatic carbocycles. The number of ether oxygens (including phenoxy) is 1. The zero-order valence-corrected chi connectivity index (χ0v) is 14.1.